The van der Waals surface area contributed by atoms with Crippen LogP contribution in [0.3, 0.4) is 0 Å². The predicted octanol–water partition coefficient (Wildman–Crippen LogP) is -0.849. The molecule has 1 aromatic heterocycles. The number of hydrogen-bond donors (Lipinski definition) is 2. The van der Waals surface area contributed by atoms with E-state index in [1.165, 1.54) is 0 Å². The van der Waals surface area contributed by atoms with Crippen LogP contribution in [0.25, 0.3) is 0 Å². The van der Waals surface area contributed by atoms with E-state index in [0.29, 0.717) is 26.1 Å². The first-order chi connectivity index (χ1) is 7.14. The van der Waals surface area contributed by atoms with Crippen LogP contribution in [0.15, 0.2) is 18.7 Å². The first-order valence-electron chi connectivity index (χ1n) is 4.77. The molecule has 0 spiro atoms. The van der Waals surface area contributed by atoms with Crippen molar-refractivity contribution in [3.63, 3.8) is 0 Å². The molecule has 0 aliphatic heterocycles. The van der Waals surface area contributed by atoms with Gasteiger partial charge in [0.2, 0.25) is 10.0 Å². The number of nitrogens with one attached hydrogen (secondary N) is 1. The Balaban J connectivity index is 2.24. The molecule has 0 bridgehead atoms. The zero-order valence-electron chi connectivity index (χ0n) is 8.46. The molecule has 0 saturated carbocycles. The minimum atomic E-state index is -3.16. The number of nitrogens with two attached hydrogens (primary N) is 1. The number of rotatable bonds is 7. The molecule has 0 saturated heterocycles. The maximum atomic E-state index is 11.3. The second kappa shape index (κ2) is 5.84. The summed E-state index contributed by atoms with van der Waals surface area (Å²) in [4.78, 5) is 3.86. The lowest BCUT2D eigenvalue weighted by molar-refractivity contribution is 0.570. The molecule has 1 aromatic rings. The molecule has 0 amide bonds. The Morgan fingerprint density at radius 3 is 2.87 bits per heavy atom. The van der Waals surface area contributed by atoms with Gasteiger partial charge in [0.15, 0.2) is 0 Å². The molecular formula is C8H16N4O2S. The second-order valence-corrected chi connectivity index (χ2v) is 5.08. The first-order valence-corrected chi connectivity index (χ1v) is 6.42. The van der Waals surface area contributed by atoms with Crippen molar-refractivity contribution in [2.75, 3.05) is 18.8 Å². The van der Waals surface area contributed by atoms with Crippen molar-refractivity contribution in [2.24, 2.45) is 5.73 Å². The van der Waals surface area contributed by atoms with Crippen molar-refractivity contribution in [3.05, 3.63) is 18.7 Å². The van der Waals surface area contributed by atoms with Crippen LogP contribution >= 0.6 is 0 Å². The minimum absolute atomic E-state index is 0.0907. The summed E-state index contributed by atoms with van der Waals surface area (Å²) in [5.74, 6) is 0.0907. The fraction of sp³-hybridized carbons (Fsp3) is 0.625. The monoisotopic (exact) mass is 232 g/mol. The average molecular weight is 232 g/mol. The van der Waals surface area contributed by atoms with E-state index < -0.39 is 10.0 Å². The molecule has 0 unspecified atom stereocenters. The number of imidazole rings is 1. The van der Waals surface area contributed by atoms with E-state index in [1.807, 2.05) is 4.57 Å². The van der Waals surface area contributed by atoms with Gasteiger partial charge in [0.1, 0.15) is 0 Å². The Kier molecular flexibility index (Phi) is 4.73. The van der Waals surface area contributed by atoms with Crippen molar-refractivity contribution < 1.29 is 8.42 Å². The largest absolute Gasteiger partial charge is 0.336 e. The van der Waals surface area contributed by atoms with Gasteiger partial charge in [0.25, 0.3) is 0 Å². The van der Waals surface area contributed by atoms with Crippen LogP contribution in [0, 0.1) is 0 Å². The summed E-state index contributed by atoms with van der Waals surface area (Å²) in [6.45, 7) is 1.35. The number of aromatic nitrogens is 2. The molecule has 7 heteroatoms. The van der Waals surface area contributed by atoms with Gasteiger partial charge < -0.3 is 10.3 Å². The van der Waals surface area contributed by atoms with Gasteiger partial charge in [-0.3, -0.25) is 0 Å². The fourth-order valence-corrected chi connectivity index (χ4v) is 2.19. The molecular weight excluding hydrogens is 216 g/mol. The summed E-state index contributed by atoms with van der Waals surface area (Å²) < 4.78 is 27.0. The lowest BCUT2D eigenvalue weighted by Gasteiger charge is -2.06. The summed E-state index contributed by atoms with van der Waals surface area (Å²) >= 11 is 0. The van der Waals surface area contributed by atoms with Crippen LogP contribution in [-0.2, 0) is 16.6 Å². The molecule has 0 radical (unpaired) electrons. The summed E-state index contributed by atoms with van der Waals surface area (Å²) in [5, 5.41) is 0. The van der Waals surface area contributed by atoms with Gasteiger partial charge in [0, 0.05) is 25.5 Å². The maximum Gasteiger partial charge on any atom is 0.211 e. The van der Waals surface area contributed by atoms with Crippen LogP contribution in [0.1, 0.15) is 6.42 Å². The van der Waals surface area contributed by atoms with Crippen molar-refractivity contribution in [1.82, 2.24) is 14.3 Å². The van der Waals surface area contributed by atoms with E-state index in [9.17, 15) is 8.42 Å². The van der Waals surface area contributed by atoms with Crippen LogP contribution in [-0.4, -0.2) is 36.8 Å². The molecule has 15 heavy (non-hydrogen) atoms. The topological polar surface area (TPSA) is 90.0 Å². The molecule has 0 atom stereocenters. The lowest BCUT2D eigenvalue weighted by atomic mass is 10.5. The molecule has 86 valence electrons. The fourth-order valence-electron chi connectivity index (χ4n) is 1.09. The van der Waals surface area contributed by atoms with E-state index in [4.69, 9.17) is 5.73 Å². The van der Waals surface area contributed by atoms with E-state index >= 15 is 0 Å². The highest BCUT2D eigenvalue weighted by molar-refractivity contribution is 7.89. The van der Waals surface area contributed by atoms with E-state index in [-0.39, 0.29) is 5.75 Å². The first kappa shape index (κ1) is 12.2. The highest BCUT2D eigenvalue weighted by Gasteiger charge is 2.07. The summed E-state index contributed by atoms with van der Waals surface area (Å²) in [5.41, 5.74) is 5.24. The van der Waals surface area contributed by atoms with Crippen LogP contribution < -0.4 is 10.5 Å². The van der Waals surface area contributed by atoms with Gasteiger partial charge in [-0.25, -0.2) is 18.1 Å². The van der Waals surface area contributed by atoms with Crippen molar-refractivity contribution in [1.29, 1.82) is 0 Å². The Bertz CT molecular complexity index is 360. The summed E-state index contributed by atoms with van der Waals surface area (Å²) in [7, 11) is -3.16. The van der Waals surface area contributed by atoms with Gasteiger partial charge in [-0.1, -0.05) is 0 Å². The van der Waals surface area contributed by atoms with Crippen molar-refractivity contribution in [3.8, 4) is 0 Å². The van der Waals surface area contributed by atoms with Gasteiger partial charge in [-0.2, -0.15) is 0 Å². The third-order valence-corrected chi connectivity index (χ3v) is 3.34. The Hall–Kier alpha value is -0.920. The summed E-state index contributed by atoms with van der Waals surface area (Å²) in [6, 6.07) is 0. The third-order valence-electron chi connectivity index (χ3n) is 1.87. The maximum absolute atomic E-state index is 11.3. The van der Waals surface area contributed by atoms with Gasteiger partial charge >= 0.3 is 0 Å². The number of nitrogens with zero attached hydrogens (tertiary/aromatic N) is 2. The number of hydrogen-bond acceptors (Lipinski definition) is 4. The number of sulfonamides is 1. The van der Waals surface area contributed by atoms with E-state index in [2.05, 4.69) is 9.71 Å². The van der Waals surface area contributed by atoms with Crippen LogP contribution in [0.4, 0.5) is 0 Å². The van der Waals surface area contributed by atoms with Gasteiger partial charge in [-0.15, -0.1) is 0 Å². The highest BCUT2D eigenvalue weighted by atomic mass is 32.2. The minimum Gasteiger partial charge on any atom is -0.336 e. The van der Waals surface area contributed by atoms with Gasteiger partial charge in [-0.05, 0) is 13.0 Å². The lowest BCUT2D eigenvalue weighted by Crippen LogP contribution is -2.30. The van der Waals surface area contributed by atoms with Crippen molar-refractivity contribution >= 4 is 10.0 Å². The molecule has 0 aliphatic carbocycles. The average Bonchev–Trinajstić information content (AvgIpc) is 2.67. The zero-order valence-corrected chi connectivity index (χ0v) is 9.28. The third kappa shape index (κ3) is 4.91. The van der Waals surface area contributed by atoms with Crippen molar-refractivity contribution in [2.45, 2.75) is 13.0 Å². The normalized spacial score (nSPS) is 11.8. The SMILES string of the molecule is NCCCS(=O)(=O)NCCn1ccnc1. The molecule has 0 aromatic carbocycles. The Labute approximate surface area is 89.5 Å². The second-order valence-electron chi connectivity index (χ2n) is 3.16. The Morgan fingerprint density at radius 2 is 2.27 bits per heavy atom. The quantitative estimate of drug-likeness (QED) is 0.641. The standard InChI is InChI=1S/C8H16N4O2S/c9-2-1-7-15(13,14)11-4-6-12-5-3-10-8-12/h3,5,8,11H,1-2,4,6-7,9H2. The smallest absolute Gasteiger partial charge is 0.211 e. The highest BCUT2D eigenvalue weighted by Crippen LogP contribution is 1.89. The molecule has 1 rings (SSSR count). The predicted molar refractivity (Wildman–Crippen MR) is 57.7 cm³/mol. The van der Waals surface area contributed by atoms with Crippen LogP contribution in [0.2, 0.25) is 0 Å². The van der Waals surface area contributed by atoms with Crippen LogP contribution in [0.5, 0.6) is 0 Å². The Morgan fingerprint density at radius 1 is 1.47 bits per heavy atom. The van der Waals surface area contributed by atoms with Gasteiger partial charge in [0.05, 0.1) is 12.1 Å². The molecule has 1 heterocycles. The van der Waals surface area contributed by atoms with E-state index in [1.54, 1.807) is 18.7 Å². The molecule has 0 fully saturated rings. The summed E-state index contributed by atoms with van der Waals surface area (Å²) in [6.07, 6.45) is 5.58. The molecule has 0 aliphatic rings. The molecule has 3 N–H and O–H groups in total. The molecule has 6 nitrogen and oxygen atoms in total. The van der Waals surface area contributed by atoms with E-state index in [0.717, 1.165) is 0 Å². The zero-order chi connectivity index (χ0) is 11.1.